The average molecular weight is 240 g/mol. The van der Waals surface area contributed by atoms with Crippen LogP contribution in [0.2, 0.25) is 0 Å². The van der Waals surface area contributed by atoms with Crippen LogP contribution in [-0.2, 0) is 0 Å². The average Bonchev–Trinajstić information content (AvgIpc) is 2.28. The third-order valence-corrected chi connectivity index (χ3v) is 2.42. The molecule has 4 heteroatoms. The summed E-state index contributed by atoms with van der Waals surface area (Å²) >= 11 is 0. The molecular formula is C13H21FN2O. The molecular weight excluding hydrogens is 219 g/mol. The van der Waals surface area contributed by atoms with Gasteiger partial charge in [0.25, 0.3) is 0 Å². The Balaban J connectivity index is 2.73. The predicted octanol–water partition coefficient (Wildman–Crippen LogP) is 2.40. The summed E-state index contributed by atoms with van der Waals surface area (Å²) in [6.45, 7) is 5.21. The Bertz CT molecular complexity index is 355. The van der Waals surface area contributed by atoms with E-state index < -0.39 is 0 Å². The molecule has 0 saturated carbocycles. The van der Waals surface area contributed by atoms with E-state index >= 15 is 0 Å². The molecule has 0 heterocycles. The van der Waals surface area contributed by atoms with Gasteiger partial charge in [-0.1, -0.05) is 0 Å². The lowest BCUT2D eigenvalue weighted by molar-refractivity contribution is 0.231. The van der Waals surface area contributed by atoms with Gasteiger partial charge in [0, 0.05) is 25.3 Å². The van der Waals surface area contributed by atoms with Crippen LogP contribution in [0.3, 0.4) is 0 Å². The third-order valence-electron chi connectivity index (χ3n) is 2.42. The highest BCUT2D eigenvalue weighted by Crippen LogP contribution is 2.24. The molecule has 0 fully saturated rings. The number of anilines is 1. The molecule has 0 aliphatic heterocycles. The molecule has 0 aliphatic carbocycles. The molecule has 0 atom stereocenters. The van der Waals surface area contributed by atoms with Crippen molar-refractivity contribution in [2.24, 2.45) is 5.73 Å². The van der Waals surface area contributed by atoms with Crippen molar-refractivity contribution in [1.82, 2.24) is 0 Å². The minimum atomic E-state index is -0.323. The van der Waals surface area contributed by atoms with Crippen LogP contribution in [0.5, 0.6) is 5.75 Å². The maximum Gasteiger partial charge on any atom is 0.167 e. The largest absolute Gasteiger partial charge is 0.488 e. The molecule has 1 rings (SSSR count). The molecule has 2 N–H and O–H groups in total. The van der Waals surface area contributed by atoms with E-state index in [9.17, 15) is 4.39 Å². The zero-order chi connectivity index (χ0) is 12.8. The highest BCUT2D eigenvalue weighted by Gasteiger charge is 2.08. The lowest BCUT2D eigenvalue weighted by atomic mass is 10.2. The van der Waals surface area contributed by atoms with Crippen molar-refractivity contribution >= 4 is 5.69 Å². The van der Waals surface area contributed by atoms with Gasteiger partial charge in [0.2, 0.25) is 0 Å². The lowest BCUT2D eigenvalue weighted by Crippen LogP contribution is -2.21. The monoisotopic (exact) mass is 240 g/mol. The maximum atomic E-state index is 13.7. The molecule has 17 heavy (non-hydrogen) atoms. The van der Waals surface area contributed by atoms with E-state index in [-0.39, 0.29) is 11.9 Å². The number of ether oxygens (including phenoxy) is 1. The van der Waals surface area contributed by atoms with Gasteiger partial charge in [-0.25, -0.2) is 4.39 Å². The first-order chi connectivity index (χ1) is 8.04. The van der Waals surface area contributed by atoms with Crippen molar-refractivity contribution in [2.45, 2.75) is 26.4 Å². The molecule has 0 radical (unpaired) electrons. The molecule has 1 aromatic rings. The summed E-state index contributed by atoms with van der Waals surface area (Å²) in [5.41, 5.74) is 6.28. The number of rotatable bonds is 6. The van der Waals surface area contributed by atoms with Crippen LogP contribution in [-0.4, -0.2) is 26.2 Å². The molecule has 0 saturated heterocycles. The van der Waals surface area contributed by atoms with Crippen molar-refractivity contribution in [3.05, 3.63) is 24.0 Å². The zero-order valence-electron chi connectivity index (χ0n) is 10.7. The van der Waals surface area contributed by atoms with Gasteiger partial charge < -0.3 is 15.4 Å². The van der Waals surface area contributed by atoms with E-state index in [2.05, 4.69) is 0 Å². The Labute approximate surface area is 102 Å². The minimum absolute atomic E-state index is 0.0229. The van der Waals surface area contributed by atoms with Crippen molar-refractivity contribution in [1.29, 1.82) is 0 Å². The summed E-state index contributed by atoms with van der Waals surface area (Å²) in [7, 11) is 1.92. The molecule has 1 aromatic carbocycles. The summed E-state index contributed by atoms with van der Waals surface area (Å²) in [5.74, 6) is -0.0215. The smallest absolute Gasteiger partial charge is 0.167 e. The standard InChI is InChI=1S/C13H21FN2O/c1-10(2)17-13-6-5-11(9-12(13)14)16(3)8-4-7-15/h5-6,9-10H,4,7-8,15H2,1-3H3. The Morgan fingerprint density at radius 1 is 1.41 bits per heavy atom. The first-order valence-electron chi connectivity index (χ1n) is 5.92. The second-order valence-electron chi connectivity index (χ2n) is 4.35. The van der Waals surface area contributed by atoms with Crippen LogP contribution in [0.1, 0.15) is 20.3 Å². The Hall–Kier alpha value is -1.29. The quantitative estimate of drug-likeness (QED) is 0.829. The lowest BCUT2D eigenvalue weighted by Gasteiger charge is -2.20. The van der Waals surface area contributed by atoms with Gasteiger partial charge in [-0.3, -0.25) is 0 Å². The summed E-state index contributed by atoms with van der Waals surface area (Å²) in [4.78, 5) is 1.98. The van der Waals surface area contributed by atoms with Crippen LogP contribution in [0.15, 0.2) is 18.2 Å². The van der Waals surface area contributed by atoms with Gasteiger partial charge in [0.05, 0.1) is 6.10 Å². The molecule has 0 aliphatic rings. The van der Waals surface area contributed by atoms with Crippen molar-refractivity contribution in [2.75, 3.05) is 25.0 Å². The van der Waals surface area contributed by atoms with Crippen LogP contribution in [0.4, 0.5) is 10.1 Å². The van der Waals surface area contributed by atoms with Gasteiger partial charge in [-0.2, -0.15) is 0 Å². The molecule has 0 amide bonds. The summed E-state index contributed by atoms with van der Waals surface area (Å²) in [5, 5.41) is 0. The Morgan fingerprint density at radius 2 is 2.12 bits per heavy atom. The van der Waals surface area contributed by atoms with E-state index in [0.717, 1.165) is 18.7 Å². The van der Waals surface area contributed by atoms with E-state index in [1.165, 1.54) is 6.07 Å². The summed E-state index contributed by atoms with van der Waals surface area (Å²) in [6, 6.07) is 5.02. The van der Waals surface area contributed by atoms with E-state index in [4.69, 9.17) is 10.5 Å². The van der Waals surface area contributed by atoms with Gasteiger partial charge in [0.1, 0.15) is 0 Å². The number of hydrogen-bond acceptors (Lipinski definition) is 3. The molecule has 0 spiro atoms. The van der Waals surface area contributed by atoms with E-state index in [0.29, 0.717) is 12.3 Å². The van der Waals surface area contributed by atoms with Gasteiger partial charge in [-0.15, -0.1) is 0 Å². The number of hydrogen-bond donors (Lipinski definition) is 1. The number of nitrogens with two attached hydrogens (primary N) is 1. The van der Waals surface area contributed by atoms with Crippen LogP contribution in [0.25, 0.3) is 0 Å². The Kier molecular flexibility index (Phi) is 5.22. The van der Waals surface area contributed by atoms with Crippen molar-refractivity contribution < 1.29 is 9.13 Å². The second-order valence-corrected chi connectivity index (χ2v) is 4.35. The van der Waals surface area contributed by atoms with Crippen LogP contribution >= 0.6 is 0 Å². The van der Waals surface area contributed by atoms with E-state index in [1.54, 1.807) is 6.07 Å². The molecule has 3 nitrogen and oxygen atoms in total. The molecule has 0 unspecified atom stereocenters. The highest BCUT2D eigenvalue weighted by molar-refractivity contribution is 5.49. The van der Waals surface area contributed by atoms with Gasteiger partial charge in [-0.05, 0) is 38.9 Å². The molecule has 0 bridgehead atoms. The number of nitrogens with zero attached hydrogens (tertiary/aromatic N) is 1. The summed E-state index contributed by atoms with van der Waals surface area (Å²) < 4.78 is 19.1. The SMILES string of the molecule is CC(C)Oc1ccc(N(C)CCCN)cc1F. The maximum absolute atomic E-state index is 13.7. The predicted molar refractivity (Wildman–Crippen MR) is 69.1 cm³/mol. The van der Waals surface area contributed by atoms with Gasteiger partial charge >= 0.3 is 0 Å². The normalized spacial score (nSPS) is 10.7. The fraction of sp³-hybridized carbons (Fsp3) is 0.538. The fourth-order valence-corrected chi connectivity index (χ4v) is 1.53. The van der Waals surface area contributed by atoms with E-state index in [1.807, 2.05) is 31.9 Å². The summed E-state index contributed by atoms with van der Waals surface area (Å²) in [6.07, 6.45) is 0.868. The number of halogens is 1. The first-order valence-corrected chi connectivity index (χ1v) is 5.92. The zero-order valence-corrected chi connectivity index (χ0v) is 10.7. The fourth-order valence-electron chi connectivity index (χ4n) is 1.53. The first kappa shape index (κ1) is 13.8. The number of benzene rings is 1. The highest BCUT2D eigenvalue weighted by atomic mass is 19.1. The third kappa shape index (κ3) is 4.23. The second kappa shape index (κ2) is 6.45. The van der Waals surface area contributed by atoms with Crippen molar-refractivity contribution in [3.8, 4) is 5.75 Å². The molecule has 0 aromatic heterocycles. The van der Waals surface area contributed by atoms with Crippen LogP contribution < -0.4 is 15.4 Å². The van der Waals surface area contributed by atoms with Gasteiger partial charge in [0.15, 0.2) is 11.6 Å². The Morgan fingerprint density at radius 3 is 2.65 bits per heavy atom. The molecule has 96 valence electrons. The van der Waals surface area contributed by atoms with Crippen molar-refractivity contribution in [3.63, 3.8) is 0 Å². The minimum Gasteiger partial charge on any atom is -0.488 e. The van der Waals surface area contributed by atoms with Crippen LogP contribution in [0, 0.1) is 5.82 Å². The topological polar surface area (TPSA) is 38.5 Å².